The number of anilines is 2. The molecule has 1 heterocycles. The van der Waals surface area contributed by atoms with Gasteiger partial charge in [0.1, 0.15) is 12.0 Å². The highest BCUT2D eigenvalue weighted by atomic mass is 35.5. The van der Waals surface area contributed by atoms with Crippen molar-refractivity contribution in [3.05, 3.63) is 11.5 Å². The Morgan fingerprint density at radius 2 is 2.00 bits per heavy atom. The highest BCUT2D eigenvalue weighted by Crippen LogP contribution is 2.23. The Bertz CT molecular complexity index is 370. The van der Waals surface area contributed by atoms with Gasteiger partial charge in [0, 0.05) is 13.0 Å². The first-order chi connectivity index (χ1) is 7.90. The van der Waals surface area contributed by atoms with Crippen molar-refractivity contribution in [1.82, 2.24) is 9.97 Å². The van der Waals surface area contributed by atoms with Crippen molar-refractivity contribution in [1.29, 1.82) is 0 Å². The van der Waals surface area contributed by atoms with Gasteiger partial charge in [0.15, 0.2) is 11.0 Å². The highest BCUT2D eigenvalue weighted by molar-refractivity contribution is 6.32. The first-order valence-corrected chi connectivity index (χ1v) is 5.34. The van der Waals surface area contributed by atoms with Crippen LogP contribution in [-0.4, -0.2) is 22.7 Å². The van der Waals surface area contributed by atoms with E-state index in [0.717, 1.165) is 0 Å². The first-order valence-electron chi connectivity index (χ1n) is 4.97. The summed E-state index contributed by atoms with van der Waals surface area (Å²) in [6, 6.07) is 0. The van der Waals surface area contributed by atoms with Gasteiger partial charge in [0.25, 0.3) is 0 Å². The van der Waals surface area contributed by atoms with Crippen LogP contribution in [-0.2, 0) is 0 Å². The number of unbranched alkanes of at least 4 members (excludes halogenated alkanes) is 1. The summed E-state index contributed by atoms with van der Waals surface area (Å²) in [4.78, 5) is 7.49. The van der Waals surface area contributed by atoms with E-state index in [1.165, 1.54) is 6.33 Å². The van der Waals surface area contributed by atoms with Crippen molar-refractivity contribution in [2.24, 2.45) is 0 Å². The number of nitrogens with one attached hydrogen (secondary N) is 1. The van der Waals surface area contributed by atoms with Crippen LogP contribution in [0.15, 0.2) is 6.33 Å². The van der Waals surface area contributed by atoms with Crippen molar-refractivity contribution in [3.63, 3.8) is 0 Å². The van der Waals surface area contributed by atoms with Crippen LogP contribution in [0.3, 0.4) is 0 Å². The summed E-state index contributed by atoms with van der Waals surface area (Å²) in [7, 11) is 0. The van der Waals surface area contributed by atoms with Gasteiger partial charge in [-0.2, -0.15) is 13.2 Å². The van der Waals surface area contributed by atoms with E-state index in [2.05, 4.69) is 15.3 Å². The lowest BCUT2D eigenvalue weighted by Crippen LogP contribution is -2.10. The normalized spacial score (nSPS) is 11.5. The zero-order valence-corrected chi connectivity index (χ0v) is 9.65. The molecular formula is C9H12ClF3N4. The first kappa shape index (κ1) is 13.8. The molecule has 0 radical (unpaired) electrons. The van der Waals surface area contributed by atoms with E-state index in [9.17, 15) is 13.2 Å². The number of rotatable bonds is 5. The number of aromatic nitrogens is 2. The van der Waals surface area contributed by atoms with E-state index in [1.807, 2.05) is 0 Å². The largest absolute Gasteiger partial charge is 0.393 e. The van der Waals surface area contributed by atoms with E-state index in [1.54, 1.807) is 0 Å². The Kier molecular flexibility index (Phi) is 4.80. The molecule has 1 aromatic rings. The third-order valence-corrected chi connectivity index (χ3v) is 2.32. The highest BCUT2D eigenvalue weighted by Gasteiger charge is 2.25. The average Bonchev–Trinajstić information content (AvgIpc) is 2.22. The molecule has 0 bridgehead atoms. The van der Waals surface area contributed by atoms with Gasteiger partial charge in [0.2, 0.25) is 0 Å². The molecule has 96 valence electrons. The summed E-state index contributed by atoms with van der Waals surface area (Å²) in [5.74, 6) is 0.344. The minimum atomic E-state index is -4.10. The Morgan fingerprint density at radius 3 is 2.65 bits per heavy atom. The number of nitrogen functional groups attached to an aromatic ring is 1. The zero-order chi connectivity index (χ0) is 12.9. The molecule has 1 aromatic heterocycles. The predicted molar refractivity (Wildman–Crippen MR) is 59.9 cm³/mol. The third kappa shape index (κ3) is 5.08. The standard InChI is InChI=1S/C9H12ClF3N4/c10-7-6(14)8(17-5-16-7)15-4-2-1-3-9(11,12)13/h5H,1-4,14H2,(H,15,16,17). The molecule has 0 spiro atoms. The molecule has 0 aliphatic rings. The fraction of sp³-hybridized carbons (Fsp3) is 0.556. The van der Waals surface area contributed by atoms with Crippen LogP contribution in [0.25, 0.3) is 0 Å². The summed E-state index contributed by atoms with van der Waals surface area (Å²) in [6.07, 6.45) is -3.21. The van der Waals surface area contributed by atoms with Crippen LogP contribution in [0.1, 0.15) is 19.3 Å². The number of hydrogen-bond acceptors (Lipinski definition) is 4. The molecule has 0 saturated carbocycles. The average molecular weight is 269 g/mol. The maximum atomic E-state index is 11.8. The lowest BCUT2D eigenvalue weighted by atomic mass is 10.2. The predicted octanol–water partition coefficient (Wildman–Crippen LogP) is 2.86. The Morgan fingerprint density at radius 1 is 1.29 bits per heavy atom. The van der Waals surface area contributed by atoms with Gasteiger partial charge in [-0.25, -0.2) is 9.97 Å². The second-order valence-corrected chi connectivity index (χ2v) is 3.78. The van der Waals surface area contributed by atoms with E-state index in [-0.39, 0.29) is 17.3 Å². The van der Waals surface area contributed by atoms with Crippen LogP contribution in [0.2, 0.25) is 5.15 Å². The van der Waals surface area contributed by atoms with Crippen LogP contribution < -0.4 is 11.1 Å². The number of hydrogen-bond donors (Lipinski definition) is 2. The minimum Gasteiger partial charge on any atom is -0.393 e. The number of halogens is 4. The van der Waals surface area contributed by atoms with E-state index in [0.29, 0.717) is 18.8 Å². The molecule has 4 nitrogen and oxygen atoms in total. The van der Waals surface area contributed by atoms with Crippen molar-refractivity contribution in [2.45, 2.75) is 25.4 Å². The van der Waals surface area contributed by atoms with Crippen molar-refractivity contribution < 1.29 is 13.2 Å². The van der Waals surface area contributed by atoms with Crippen LogP contribution in [0, 0.1) is 0 Å². The Balaban J connectivity index is 2.29. The van der Waals surface area contributed by atoms with Crippen molar-refractivity contribution in [3.8, 4) is 0 Å². The molecule has 0 unspecified atom stereocenters. The fourth-order valence-electron chi connectivity index (χ4n) is 1.17. The quantitative estimate of drug-likeness (QED) is 0.637. The monoisotopic (exact) mass is 268 g/mol. The maximum absolute atomic E-state index is 11.8. The molecule has 0 amide bonds. The lowest BCUT2D eigenvalue weighted by molar-refractivity contribution is -0.135. The van der Waals surface area contributed by atoms with Crippen LogP contribution in [0.4, 0.5) is 24.7 Å². The summed E-state index contributed by atoms with van der Waals surface area (Å²) in [5.41, 5.74) is 5.77. The van der Waals surface area contributed by atoms with Gasteiger partial charge in [-0.3, -0.25) is 0 Å². The van der Waals surface area contributed by atoms with Gasteiger partial charge < -0.3 is 11.1 Å². The Labute approximate surface area is 101 Å². The molecule has 8 heteroatoms. The van der Waals surface area contributed by atoms with Crippen molar-refractivity contribution >= 4 is 23.1 Å². The molecule has 17 heavy (non-hydrogen) atoms. The van der Waals surface area contributed by atoms with Crippen LogP contribution >= 0.6 is 11.6 Å². The van der Waals surface area contributed by atoms with Gasteiger partial charge in [-0.05, 0) is 12.8 Å². The van der Waals surface area contributed by atoms with Gasteiger partial charge in [-0.15, -0.1) is 0 Å². The van der Waals surface area contributed by atoms with Crippen LogP contribution in [0.5, 0.6) is 0 Å². The number of nitrogens with two attached hydrogens (primary N) is 1. The number of alkyl halides is 3. The van der Waals surface area contributed by atoms with E-state index >= 15 is 0 Å². The second-order valence-electron chi connectivity index (χ2n) is 3.43. The second kappa shape index (κ2) is 5.90. The third-order valence-electron chi connectivity index (χ3n) is 2.01. The molecule has 0 atom stereocenters. The summed E-state index contributed by atoms with van der Waals surface area (Å²) in [6.45, 7) is 0.355. The molecular weight excluding hydrogens is 257 g/mol. The SMILES string of the molecule is Nc1c(Cl)ncnc1NCCCCC(F)(F)F. The lowest BCUT2D eigenvalue weighted by Gasteiger charge is -2.09. The van der Waals surface area contributed by atoms with E-state index < -0.39 is 12.6 Å². The van der Waals surface area contributed by atoms with Gasteiger partial charge in [-0.1, -0.05) is 11.6 Å². The molecule has 0 fully saturated rings. The number of nitrogens with zero attached hydrogens (tertiary/aromatic N) is 2. The molecule has 0 aromatic carbocycles. The Hall–Kier alpha value is -1.24. The fourth-order valence-corrected chi connectivity index (χ4v) is 1.31. The summed E-state index contributed by atoms with van der Waals surface area (Å²) < 4.78 is 35.5. The van der Waals surface area contributed by atoms with Gasteiger partial charge in [0.05, 0.1) is 0 Å². The van der Waals surface area contributed by atoms with E-state index in [4.69, 9.17) is 17.3 Å². The molecule has 1 rings (SSSR count). The summed E-state index contributed by atoms with van der Waals surface area (Å²) in [5, 5.41) is 2.94. The molecule has 3 N–H and O–H groups in total. The molecule has 0 aliphatic heterocycles. The van der Waals surface area contributed by atoms with Crippen molar-refractivity contribution in [2.75, 3.05) is 17.6 Å². The zero-order valence-electron chi connectivity index (χ0n) is 8.89. The minimum absolute atomic E-state index is 0.0647. The topological polar surface area (TPSA) is 63.8 Å². The molecule has 0 aliphatic carbocycles. The molecule has 0 saturated heterocycles. The van der Waals surface area contributed by atoms with Gasteiger partial charge >= 0.3 is 6.18 Å². The maximum Gasteiger partial charge on any atom is 0.389 e. The summed E-state index contributed by atoms with van der Waals surface area (Å²) >= 11 is 5.65. The smallest absolute Gasteiger partial charge is 0.389 e.